The molecule has 1 saturated heterocycles. The van der Waals surface area contributed by atoms with Crippen LogP contribution in [0.1, 0.15) is 30.2 Å². The second-order valence-electron chi connectivity index (χ2n) is 5.57. The van der Waals surface area contributed by atoms with E-state index >= 15 is 0 Å². The van der Waals surface area contributed by atoms with Crippen molar-refractivity contribution in [2.75, 3.05) is 18.0 Å². The first-order valence-corrected chi connectivity index (χ1v) is 7.65. The van der Waals surface area contributed by atoms with Crippen LogP contribution in [0.25, 0.3) is 10.2 Å². The molecule has 0 aromatic carbocycles. The van der Waals surface area contributed by atoms with Gasteiger partial charge in [-0.05, 0) is 37.2 Å². The van der Waals surface area contributed by atoms with Gasteiger partial charge in [-0.3, -0.25) is 0 Å². The number of thiophene rings is 1. The van der Waals surface area contributed by atoms with E-state index in [1.165, 1.54) is 41.7 Å². The van der Waals surface area contributed by atoms with Crippen molar-refractivity contribution in [3.05, 3.63) is 16.8 Å². The molecule has 0 spiro atoms. The van der Waals surface area contributed by atoms with E-state index in [1.54, 1.807) is 16.8 Å². The third-order valence-electron chi connectivity index (χ3n) is 4.23. The van der Waals surface area contributed by atoms with Gasteiger partial charge in [0, 0.05) is 18.0 Å². The quantitative estimate of drug-likeness (QED) is 0.788. The molecule has 18 heavy (non-hydrogen) atoms. The number of fused-ring (bicyclic) bond motifs is 3. The summed E-state index contributed by atoms with van der Waals surface area (Å²) in [5.74, 6) is 2.02. The second kappa shape index (κ2) is 3.92. The van der Waals surface area contributed by atoms with Gasteiger partial charge in [-0.25, -0.2) is 9.97 Å². The van der Waals surface area contributed by atoms with Crippen molar-refractivity contribution in [3.63, 3.8) is 0 Å². The molecule has 0 N–H and O–H groups in total. The Hall–Kier alpha value is -1.16. The topological polar surface area (TPSA) is 29.0 Å². The van der Waals surface area contributed by atoms with Gasteiger partial charge in [-0.15, -0.1) is 11.3 Å². The van der Waals surface area contributed by atoms with Crippen LogP contribution in [0, 0.1) is 5.92 Å². The third kappa shape index (κ3) is 1.48. The molecule has 2 aliphatic rings. The largest absolute Gasteiger partial charge is 0.356 e. The number of anilines is 1. The lowest BCUT2D eigenvalue weighted by Gasteiger charge is -2.32. The van der Waals surface area contributed by atoms with E-state index in [1.807, 2.05) is 11.3 Å². The van der Waals surface area contributed by atoms with E-state index in [9.17, 15) is 0 Å². The van der Waals surface area contributed by atoms with Crippen LogP contribution >= 0.6 is 11.3 Å². The number of aryl methyl sites for hydroxylation is 1. The first kappa shape index (κ1) is 10.7. The smallest absolute Gasteiger partial charge is 0.141 e. The molecule has 94 valence electrons. The molecule has 4 rings (SSSR count). The molecule has 3 heterocycles. The minimum atomic E-state index is 0.825. The maximum absolute atomic E-state index is 4.55. The van der Waals surface area contributed by atoms with E-state index < -0.39 is 0 Å². The summed E-state index contributed by atoms with van der Waals surface area (Å²) in [6.07, 6.45) is 6.80. The Morgan fingerprint density at radius 3 is 3.00 bits per heavy atom. The van der Waals surface area contributed by atoms with Crippen molar-refractivity contribution >= 4 is 27.4 Å². The average molecular weight is 259 g/mol. The molecule has 2 aromatic heterocycles. The van der Waals surface area contributed by atoms with Crippen LogP contribution < -0.4 is 4.90 Å². The van der Waals surface area contributed by atoms with Crippen molar-refractivity contribution in [2.24, 2.45) is 5.92 Å². The van der Waals surface area contributed by atoms with Crippen LogP contribution in [0.5, 0.6) is 0 Å². The van der Waals surface area contributed by atoms with Gasteiger partial charge in [-0.1, -0.05) is 6.92 Å². The standard InChI is InChI=1S/C14H17N3S/c1-9-3-4-10-11(7-9)18-14-12(10)13(15-8-16-14)17-5-2-6-17/h8-9H,2-7H2,1H3. The van der Waals surface area contributed by atoms with Gasteiger partial charge in [0.15, 0.2) is 0 Å². The van der Waals surface area contributed by atoms with Crippen LogP contribution in [0.2, 0.25) is 0 Å². The molecule has 0 radical (unpaired) electrons. The van der Waals surface area contributed by atoms with Crippen molar-refractivity contribution in [1.82, 2.24) is 9.97 Å². The predicted molar refractivity (Wildman–Crippen MR) is 75.4 cm³/mol. The summed E-state index contributed by atoms with van der Waals surface area (Å²) in [5.41, 5.74) is 1.55. The first-order chi connectivity index (χ1) is 8.83. The highest BCUT2D eigenvalue weighted by Crippen LogP contribution is 2.41. The van der Waals surface area contributed by atoms with Gasteiger partial charge in [0.2, 0.25) is 0 Å². The van der Waals surface area contributed by atoms with E-state index in [-0.39, 0.29) is 0 Å². The Labute approximate surface area is 111 Å². The minimum Gasteiger partial charge on any atom is -0.356 e. The zero-order valence-corrected chi connectivity index (χ0v) is 11.5. The number of rotatable bonds is 1. The van der Waals surface area contributed by atoms with Gasteiger partial charge in [0.1, 0.15) is 17.0 Å². The van der Waals surface area contributed by atoms with E-state index in [2.05, 4.69) is 21.8 Å². The number of nitrogens with zero attached hydrogens (tertiary/aromatic N) is 3. The van der Waals surface area contributed by atoms with Crippen molar-refractivity contribution in [2.45, 2.75) is 32.6 Å². The molecule has 1 atom stereocenters. The van der Waals surface area contributed by atoms with Crippen molar-refractivity contribution in [1.29, 1.82) is 0 Å². The molecular formula is C14H17N3S. The van der Waals surface area contributed by atoms with Crippen molar-refractivity contribution in [3.8, 4) is 0 Å². The Kier molecular flexibility index (Phi) is 2.34. The Balaban J connectivity index is 1.92. The molecule has 1 unspecified atom stereocenters. The number of hydrogen-bond acceptors (Lipinski definition) is 4. The highest BCUT2D eigenvalue weighted by Gasteiger charge is 2.26. The first-order valence-electron chi connectivity index (χ1n) is 6.83. The third-order valence-corrected chi connectivity index (χ3v) is 5.39. The van der Waals surface area contributed by atoms with E-state index in [0.29, 0.717) is 0 Å². The zero-order chi connectivity index (χ0) is 12.1. The highest BCUT2D eigenvalue weighted by atomic mass is 32.1. The molecule has 1 aliphatic heterocycles. The van der Waals surface area contributed by atoms with Crippen LogP contribution in [0.3, 0.4) is 0 Å². The normalized spacial score (nSPS) is 22.9. The number of hydrogen-bond donors (Lipinski definition) is 0. The van der Waals surface area contributed by atoms with Gasteiger partial charge in [0.05, 0.1) is 5.39 Å². The van der Waals surface area contributed by atoms with Gasteiger partial charge in [-0.2, -0.15) is 0 Å². The number of aromatic nitrogens is 2. The van der Waals surface area contributed by atoms with Gasteiger partial charge in [0.25, 0.3) is 0 Å². The average Bonchev–Trinajstić information content (AvgIpc) is 2.64. The Morgan fingerprint density at radius 2 is 2.22 bits per heavy atom. The molecule has 4 heteroatoms. The van der Waals surface area contributed by atoms with Gasteiger partial charge >= 0.3 is 0 Å². The zero-order valence-electron chi connectivity index (χ0n) is 10.6. The predicted octanol–water partition coefficient (Wildman–Crippen LogP) is 3.03. The summed E-state index contributed by atoms with van der Waals surface area (Å²) < 4.78 is 0. The van der Waals surface area contributed by atoms with Crippen LogP contribution in [0.4, 0.5) is 5.82 Å². The highest BCUT2D eigenvalue weighted by molar-refractivity contribution is 7.19. The monoisotopic (exact) mass is 259 g/mol. The second-order valence-corrected chi connectivity index (χ2v) is 6.65. The molecule has 1 aliphatic carbocycles. The molecule has 3 nitrogen and oxygen atoms in total. The summed E-state index contributed by atoms with van der Waals surface area (Å²) in [6, 6.07) is 0. The Morgan fingerprint density at radius 1 is 1.33 bits per heavy atom. The summed E-state index contributed by atoms with van der Waals surface area (Å²) in [7, 11) is 0. The molecule has 2 aromatic rings. The molecular weight excluding hydrogens is 242 g/mol. The maximum Gasteiger partial charge on any atom is 0.141 e. The summed E-state index contributed by atoms with van der Waals surface area (Å²) in [6.45, 7) is 4.68. The Bertz CT molecular complexity index is 600. The SMILES string of the molecule is CC1CCc2c(sc3ncnc(N4CCC4)c23)C1. The van der Waals surface area contributed by atoms with Crippen LogP contribution in [-0.4, -0.2) is 23.1 Å². The maximum atomic E-state index is 4.55. The fourth-order valence-corrected chi connectivity index (χ4v) is 4.37. The summed E-state index contributed by atoms with van der Waals surface area (Å²) in [5, 5.41) is 1.36. The summed E-state index contributed by atoms with van der Waals surface area (Å²) in [4.78, 5) is 14.2. The summed E-state index contributed by atoms with van der Waals surface area (Å²) >= 11 is 1.89. The van der Waals surface area contributed by atoms with Crippen molar-refractivity contribution < 1.29 is 0 Å². The minimum absolute atomic E-state index is 0.825. The van der Waals surface area contributed by atoms with Gasteiger partial charge < -0.3 is 4.90 Å². The van der Waals surface area contributed by atoms with E-state index in [0.717, 1.165) is 19.0 Å². The molecule has 0 bridgehead atoms. The lowest BCUT2D eigenvalue weighted by Crippen LogP contribution is -2.37. The molecule has 1 fully saturated rings. The van der Waals surface area contributed by atoms with E-state index in [4.69, 9.17) is 0 Å². The van der Waals surface area contributed by atoms with Crippen LogP contribution in [0.15, 0.2) is 6.33 Å². The molecule has 0 saturated carbocycles. The lowest BCUT2D eigenvalue weighted by atomic mass is 9.89. The fourth-order valence-electron chi connectivity index (χ4n) is 3.03. The lowest BCUT2D eigenvalue weighted by molar-refractivity contribution is 0.509. The van der Waals surface area contributed by atoms with Crippen LogP contribution in [-0.2, 0) is 12.8 Å². The molecule has 0 amide bonds. The fraction of sp³-hybridized carbons (Fsp3) is 0.571.